The highest BCUT2D eigenvalue weighted by Crippen LogP contribution is 2.17. The van der Waals surface area contributed by atoms with Crippen LogP contribution in [0.3, 0.4) is 0 Å². The number of aliphatic imine (C=N–C) groups is 1. The summed E-state index contributed by atoms with van der Waals surface area (Å²) in [7, 11) is 0. The van der Waals surface area contributed by atoms with Crippen molar-refractivity contribution in [3.8, 4) is 5.75 Å². The van der Waals surface area contributed by atoms with Gasteiger partial charge in [0.1, 0.15) is 0 Å². The number of phenolic OH excluding ortho intramolecular Hbond substituents is 1. The number of hydrogen-bond donors (Lipinski definition) is 2. The predicted octanol–water partition coefficient (Wildman–Crippen LogP) is 1.61. The number of aromatic hydroxyl groups is 1. The van der Waals surface area contributed by atoms with Crippen molar-refractivity contribution in [1.82, 2.24) is 20.2 Å². The Kier molecular flexibility index (Phi) is 5.83. The largest absolute Gasteiger partial charge is 0.505 e. The first kappa shape index (κ1) is 17.9. The molecule has 1 aliphatic heterocycles. The third-order valence-corrected chi connectivity index (χ3v) is 4.17. The van der Waals surface area contributed by atoms with Crippen LogP contribution in [0.5, 0.6) is 5.75 Å². The molecule has 2 heterocycles. The van der Waals surface area contributed by atoms with Gasteiger partial charge in [-0.15, -0.1) is 0 Å². The van der Waals surface area contributed by atoms with Crippen LogP contribution in [0.25, 0.3) is 0 Å². The van der Waals surface area contributed by atoms with Gasteiger partial charge in [0, 0.05) is 45.1 Å². The van der Waals surface area contributed by atoms with E-state index < -0.39 is 5.82 Å². The second-order valence-corrected chi connectivity index (χ2v) is 5.98. The molecule has 0 spiro atoms. The van der Waals surface area contributed by atoms with Crippen molar-refractivity contribution < 1.29 is 9.50 Å². The van der Waals surface area contributed by atoms with Crippen LogP contribution < -0.4 is 10.2 Å². The van der Waals surface area contributed by atoms with E-state index in [2.05, 4.69) is 30.1 Å². The average Bonchev–Trinajstić information content (AvgIpc) is 2.68. The Morgan fingerprint density at radius 3 is 2.62 bits per heavy atom. The first-order valence-corrected chi connectivity index (χ1v) is 8.70. The third-order valence-electron chi connectivity index (χ3n) is 4.17. The third kappa shape index (κ3) is 4.38. The smallest absolute Gasteiger partial charge is 0.225 e. The monoisotopic (exact) mass is 358 g/mol. The minimum atomic E-state index is -0.626. The number of halogens is 1. The van der Waals surface area contributed by atoms with Crippen LogP contribution in [0.1, 0.15) is 12.5 Å². The fraction of sp³-hybridized carbons (Fsp3) is 0.389. The number of benzene rings is 1. The van der Waals surface area contributed by atoms with Crippen LogP contribution in [-0.4, -0.2) is 58.7 Å². The first-order chi connectivity index (χ1) is 12.7. The number of guanidine groups is 1. The average molecular weight is 358 g/mol. The van der Waals surface area contributed by atoms with Gasteiger partial charge in [0.25, 0.3) is 0 Å². The van der Waals surface area contributed by atoms with Crippen molar-refractivity contribution in [2.75, 3.05) is 37.6 Å². The van der Waals surface area contributed by atoms with Crippen LogP contribution in [-0.2, 0) is 6.54 Å². The molecule has 0 atom stereocenters. The minimum Gasteiger partial charge on any atom is -0.505 e. The molecule has 0 aliphatic carbocycles. The van der Waals surface area contributed by atoms with Gasteiger partial charge in [-0.05, 0) is 30.7 Å². The summed E-state index contributed by atoms with van der Waals surface area (Å²) in [6.07, 6.45) is 3.49. The Balaban J connectivity index is 1.63. The lowest BCUT2D eigenvalue weighted by molar-refractivity contribution is 0.370. The molecule has 8 heteroatoms. The van der Waals surface area contributed by atoms with Gasteiger partial charge in [0.05, 0.1) is 6.54 Å². The summed E-state index contributed by atoms with van der Waals surface area (Å²) in [6.45, 7) is 6.34. The number of aromatic nitrogens is 2. The SMILES string of the molecule is CCNC(=NCc1ccc(O)c(F)c1)N1CCN(c2ncccn2)CC1. The van der Waals surface area contributed by atoms with E-state index in [1.807, 2.05) is 13.0 Å². The van der Waals surface area contributed by atoms with Gasteiger partial charge in [-0.25, -0.2) is 19.4 Å². The number of rotatable bonds is 4. The summed E-state index contributed by atoms with van der Waals surface area (Å²) in [5, 5.41) is 12.6. The van der Waals surface area contributed by atoms with E-state index in [-0.39, 0.29) is 5.75 Å². The lowest BCUT2D eigenvalue weighted by atomic mass is 10.2. The van der Waals surface area contributed by atoms with Crippen LogP contribution in [0.15, 0.2) is 41.7 Å². The molecule has 3 rings (SSSR count). The highest BCUT2D eigenvalue weighted by Gasteiger charge is 2.21. The maximum absolute atomic E-state index is 13.5. The molecule has 1 aromatic carbocycles. The number of anilines is 1. The van der Waals surface area contributed by atoms with Crippen molar-refractivity contribution in [3.05, 3.63) is 48.0 Å². The van der Waals surface area contributed by atoms with E-state index in [1.165, 1.54) is 12.1 Å². The van der Waals surface area contributed by atoms with Gasteiger partial charge in [-0.1, -0.05) is 6.07 Å². The summed E-state index contributed by atoms with van der Waals surface area (Å²) in [5.74, 6) is 0.575. The predicted molar refractivity (Wildman–Crippen MR) is 98.7 cm³/mol. The van der Waals surface area contributed by atoms with E-state index in [9.17, 15) is 9.50 Å². The molecule has 26 heavy (non-hydrogen) atoms. The number of hydrogen-bond acceptors (Lipinski definition) is 5. The highest BCUT2D eigenvalue weighted by molar-refractivity contribution is 5.80. The molecular weight excluding hydrogens is 335 g/mol. The molecule has 0 saturated carbocycles. The molecule has 1 aliphatic rings. The number of piperazine rings is 1. The molecule has 2 N–H and O–H groups in total. The molecule has 1 aromatic heterocycles. The van der Waals surface area contributed by atoms with Crippen LogP contribution >= 0.6 is 0 Å². The zero-order valence-electron chi connectivity index (χ0n) is 14.8. The number of nitrogens with one attached hydrogen (secondary N) is 1. The number of nitrogens with zero attached hydrogens (tertiary/aromatic N) is 5. The Morgan fingerprint density at radius 1 is 1.23 bits per heavy atom. The highest BCUT2D eigenvalue weighted by atomic mass is 19.1. The molecule has 2 aromatic rings. The van der Waals surface area contributed by atoms with Crippen LogP contribution in [0, 0.1) is 5.82 Å². The van der Waals surface area contributed by atoms with Crippen molar-refractivity contribution in [3.63, 3.8) is 0 Å². The maximum Gasteiger partial charge on any atom is 0.225 e. The second-order valence-electron chi connectivity index (χ2n) is 5.98. The topological polar surface area (TPSA) is 76.9 Å². The van der Waals surface area contributed by atoms with Crippen molar-refractivity contribution in [2.24, 2.45) is 4.99 Å². The van der Waals surface area contributed by atoms with E-state index >= 15 is 0 Å². The summed E-state index contributed by atoms with van der Waals surface area (Å²) < 4.78 is 13.5. The van der Waals surface area contributed by atoms with E-state index in [1.54, 1.807) is 18.5 Å². The Labute approximate surface area is 152 Å². The zero-order chi connectivity index (χ0) is 18.4. The van der Waals surface area contributed by atoms with E-state index in [0.29, 0.717) is 12.1 Å². The quantitative estimate of drug-likeness (QED) is 0.639. The van der Waals surface area contributed by atoms with Gasteiger partial charge < -0.3 is 20.2 Å². The van der Waals surface area contributed by atoms with E-state index in [0.717, 1.165) is 44.6 Å². The Hall–Kier alpha value is -2.90. The molecule has 0 unspecified atom stereocenters. The van der Waals surface area contributed by atoms with Gasteiger partial charge in [0.15, 0.2) is 17.5 Å². The maximum atomic E-state index is 13.5. The van der Waals surface area contributed by atoms with Crippen molar-refractivity contribution in [1.29, 1.82) is 0 Å². The second kappa shape index (κ2) is 8.46. The summed E-state index contributed by atoms with van der Waals surface area (Å²) in [5.41, 5.74) is 0.715. The fourth-order valence-corrected chi connectivity index (χ4v) is 2.81. The first-order valence-electron chi connectivity index (χ1n) is 8.70. The van der Waals surface area contributed by atoms with Crippen molar-refractivity contribution in [2.45, 2.75) is 13.5 Å². The lowest BCUT2D eigenvalue weighted by Crippen LogP contribution is -2.52. The standard InChI is InChI=1S/C18H23FN6O/c1-2-20-17(23-13-14-4-5-16(26)15(19)12-14)24-8-10-25(11-9-24)18-21-6-3-7-22-18/h3-7,12,26H,2,8-11,13H2,1H3,(H,20,23). The van der Waals surface area contributed by atoms with Gasteiger partial charge in [-0.2, -0.15) is 0 Å². The Bertz CT molecular complexity index is 747. The van der Waals surface area contributed by atoms with Gasteiger partial charge >= 0.3 is 0 Å². The molecule has 1 fully saturated rings. The molecule has 0 radical (unpaired) electrons. The zero-order valence-corrected chi connectivity index (χ0v) is 14.8. The van der Waals surface area contributed by atoms with Gasteiger partial charge in [-0.3, -0.25) is 0 Å². The molecule has 1 saturated heterocycles. The molecule has 0 bridgehead atoms. The van der Waals surface area contributed by atoms with E-state index in [4.69, 9.17) is 0 Å². The van der Waals surface area contributed by atoms with Crippen molar-refractivity contribution >= 4 is 11.9 Å². The molecule has 138 valence electrons. The Morgan fingerprint density at radius 2 is 1.96 bits per heavy atom. The fourth-order valence-electron chi connectivity index (χ4n) is 2.81. The summed E-state index contributed by atoms with van der Waals surface area (Å²) in [6, 6.07) is 6.15. The van der Waals surface area contributed by atoms with Gasteiger partial charge in [0.2, 0.25) is 5.95 Å². The molecular formula is C18H23FN6O. The minimum absolute atomic E-state index is 0.344. The number of phenols is 1. The molecule has 0 amide bonds. The summed E-state index contributed by atoms with van der Waals surface area (Å²) >= 11 is 0. The summed E-state index contributed by atoms with van der Waals surface area (Å²) in [4.78, 5) is 17.5. The van der Waals surface area contributed by atoms with Crippen LogP contribution in [0.4, 0.5) is 10.3 Å². The normalized spacial score (nSPS) is 15.2. The molecule has 7 nitrogen and oxygen atoms in total. The lowest BCUT2D eigenvalue weighted by Gasteiger charge is -2.36. The van der Waals surface area contributed by atoms with Crippen LogP contribution in [0.2, 0.25) is 0 Å².